The van der Waals surface area contributed by atoms with Crippen molar-refractivity contribution in [1.29, 1.82) is 0 Å². The standard InChI is InChI=1S/C17H21F2N5O2/c1-10-4-3-5-13(26-17(18)19)14(10)21-16(25)15-11(2)24(23-22-15)12-6-8-20-9-7-12/h3-5,12,17,20H,6-9H2,1-2H3,(H,21,25). The molecule has 0 saturated carbocycles. The van der Waals surface area contributed by atoms with E-state index in [1.165, 1.54) is 6.07 Å². The molecule has 1 amide bonds. The van der Waals surface area contributed by atoms with Gasteiger partial charge in [0.15, 0.2) is 5.69 Å². The second-order valence-corrected chi connectivity index (χ2v) is 6.23. The summed E-state index contributed by atoms with van der Waals surface area (Å²) in [6.07, 6.45) is 1.82. The summed E-state index contributed by atoms with van der Waals surface area (Å²) in [6.45, 7) is 2.29. The minimum absolute atomic E-state index is 0.0863. The number of benzene rings is 1. The Balaban J connectivity index is 1.82. The van der Waals surface area contributed by atoms with Crippen LogP contribution in [-0.2, 0) is 0 Å². The highest BCUT2D eigenvalue weighted by Gasteiger charge is 2.24. The number of para-hydroxylation sites is 1. The highest BCUT2D eigenvalue weighted by atomic mass is 19.3. The van der Waals surface area contributed by atoms with Crippen LogP contribution in [0.4, 0.5) is 14.5 Å². The van der Waals surface area contributed by atoms with E-state index >= 15 is 0 Å². The molecule has 1 aromatic heterocycles. The number of anilines is 1. The van der Waals surface area contributed by atoms with Crippen LogP contribution in [0.1, 0.15) is 40.6 Å². The van der Waals surface area contributed by atoms with E-state index in [-0.39, 0.29) is 23.2 Å². The lowest BCUT2D eigenvalue weighted by Crippen LogP contribution is -2.30. The topological polar surface area (TPSA) is 81.1 Å². The maximum absolute atomic E-state index is 12.6. The molecule has 1 aliphatic heterocycles. The van der Waals surface area contributed by atoms with Crippen molar-refractivity contribution in [3.63, 3.8) is 0 Å². The molecular formula is C17H21F2N5O2. The average Bonchev–Trinajstić information content (AvgIpc) is 3.00. The molecule has 2 N–H and O–H groups in total. The third-order valence-electron chi connectivity index (χ3n) is 4.49. The first-order valence-electron chi connectivity index (χ1n) is 8.45. The summed E-state index contributed by atoms with van der Waals surface area (Å²) in [6, 6.07) is 4.86. The number of nitrogens with one attached hydrogen (secondary N) is 2. The van der Waals surface area contributed by atoms with Crippen molar-refractivity contribution >= 4 is 11.6 Å². The minimum Gasteiger partial charge on any atom is -0.433 e. The zero-order valence-corrected chi connectivity index (χ0v) is 14.6. The second-order valence-electron chi connectivity index (χ2n) is 6.23. The first-order chi connectivity index (χ1) is 12.5. The van der Waals surface area contributed by atoms with Gasteiger partial charge in [0.1, 0.15) is 5.75 Å². The molecule has 3 rings (SSSR count). The Kier molecular flexibility index (Phi) is 5.46. The van der Waals surface area contributed by atoms with Gasteiger partial charge in [0.2, 0.25) is 0 Å². The van der Waals surface area contributed by atoms with Crippen molar-refractivity contribution < 1.29 is 18.3 Å². The predicted octanol–water partition coefficient (Wildman–Crippen LogP) is 2.67. The number of piperidine rings is 1. The second kappa shape index (κ2) is 7.77. The quantitative estimate of drug-likeness (QED) is 0.851. The third kappa shape index (κ3) is 3.82. The number of aromatic nitrogens is 3. The Morgan fingerprint density at radius 1 is 1.35 bits per heavy atom. The number of hydrogen-bond donors (Lipinski definition) is 2. The molecule has 0 atom stereocenters. The van der Waals surface area contributed by atoms with E-state index in [0.717, 1.165) is 25.9 Å². The number of halogens is 2. The van der Waals surface area contributed by atoms with Crippen LogP contribution in [0.5, 0.6) is 5.75 Å². The fraction of sp³-hybridized carbons (Fsp3) is 0.471. The highest BCUT2D eigenvalue weighted by molar-refractivity contribution is 6.04. The summed E-state index contributed by atoms with van der Waals surface area (Å²) in [5.74, 6) is -0.590. The van der Waals surface area contributed by atoms with Crippen molar-refractivity contribution in [2.45, 2.75) is 39.3 Å². The monoisotopic (exact) mass is 365 g/mol. The highest BCUT2D eigenvalue weighted by Crippen LogP contribution is 2.30. The van der Waals surface area contributed by atoms with Crippen molar-refractivity contribution in [2.75, 3.05) is 18.4 Å². The zero-order chi connectivity index (χ0) is 18.7. The van der Waals surface area contributed by atoms with Crippen molar-refractivity contribution in [2.24, 2.45) is 0 Å². The maximum atomic E-state index is 12.6. The average molecular weight is 365 g/mol. The number of rotatable bonds is 5. The SMILES string of the molecule is Cc1cccc(OC(F)F)c1NC(=O)c1nnn(C2CCNCC2)c1C. The normalized spacial score (nSPS) is 15.3. The molecule has 1 aromatic carbocycles. The van der Waals surface area contributed by atoms with Crippen LogP contribution in [0, 0.1) is 13.8 Å². The minimum atomic E-state index is -2.98. The molecule has 26 heavy (non-hydrogen) atoms. The number of aryl methyl sites for hydroxylation is 1. The molecule has 1 saturated heterocycles. The molecule has 7 nitrogen and oxygen atoms in total. The largest absolute Gasteiger partial charge is 0.433 e. The number of ether oxygens (including phenoxy) is 1. The third-order valence-corrected chi connectivity index (χ3v) is 4.49. The van der Waals surface area contributed by atoms with Gasteiger partial charge < -0.3 is 15.4 Å². The van der Waals surface area contributed by atoms with Crippen LogP contribution in [0.15, 0.2) is 18.2 Å². The molecule has 0 spiro atoms. The van der Waals surface area contributed by atoms with Crippen LogP contribution in [-0.4, -0.2) is 40.6 Å². The molecule has 1 aliphatic rings. The van der Waals surface area contributed by atoms with Gasteiger partial charge in [-0.3, -0.25) is 4.79 Å². The molecule has 2 aromatic rings. The summed E-state index contributed by atoms with van der Waals surface area (Å²) in [5.41, 5.74) is 1.64. The van der Waals surface area contributed by atoms with E-state index in [1.807, 2.05) is 0 Å². The van der Waals surface area contributed by atoms with E-state index in [9.17, 15) is 13.6 Å². The number of carbonyl (C=O) groups is 1. The van der Waals surface area contributed by atoms with Crippen molar-refractivity contribution in [1.82, 2.24) is 20.3 Å². The molecular weight excluding hydrogens is 344 g/mol. The van der Waals surface area contributed by atoms with Gasteiger partial charge in [-0.25, -0.2) is 4.68 Å². The summed E-state index contributed by atoms with van der Waals surface area (Å²) in [5, 5.41) is 14.0. The molecule has 0 radical (unpaired) electrons. The Labute approximate surface area is 149 Å². The van der Waals surface area contributed by atoms with Gasteiger partial charge in [-0.05, 0) is 51.4 Å². The first-order valence-corrected chi connectivity index (χ1v) is 8.45. The predicted molar refractivity (Wildman–Crippen MR) is 91.7 cm³/mol. The van der Waals surface area contributed by atoms with E-state index in [0.29, 0.717) is 11.3 Å². The number of hydrogen-bond acceptors (Lipinski definition) is 5. The summed E-state index contributed by atoms with van der Waals surface area (Å²) in [4.78, 5) is 12.6. The zero-order valence-electron chi connectivity index (χ0n) is 14.6. The van der Waals surface area contributed by atoms with Gasteiger partial charge in [0, 0.05) is 0 Å². The lowest BCUT2D eigenvalue weighted by molar-refractivity contribution is -0.0493. The molecule has 1 fully saturated rings. The number of alkyl halides is 2. The van der Waals surface area contributed by atoms with Crippen LogP contribution < -0.4 is 15.4 Å². The molecule has 0 bridgehead atoms. The number of carbonyl (C=O) groups excluding carboxylic acids is 1. The molecule has 0 aliphatic carbocycles. The van der Waals surface area contributed by atoms with Crippen LogP contribution in [0.2, 0.25) is 0 Å². The first kappa shape index (κ1) is 18.2. The fourth-order valence-electron chi connectivity index (χ4n) is 3.12. The van der Waals surface area contributed by atoms with E-state index in [4.69, 9.17) is 0 Å². The summed E-state index contributed by atoms with van der Waals surface area (Å²) < 4.78 is 31.5. The Bertz CT molecular complexity index is 787. The Hall–Kier alpha value is -2.55. The van der Waals surface area contributed by atoms with Gasteiger partial charge in [-0.2, -0.15) is 8.78 Å². The molecule has 2 heterocycles. The van der Waals surface area contributed by atoms with E-state index in [2.05, 4.69) is 25.7 Å². The number of amides is 1. The van der Waals surface area contributed by atoms with Gasteiger partial charge >= 0.3 is 6.61 Å². The Morgan fingerprint density at radius 2 is 2.08 bits per heavy atom. The number of nitrogens with zero attached hydrogens (tertiary/aromatic N) is 3. The maximum Gasteiger partial charge on any atom is 0.387 e. The van der Waals surface area contributed by atoms with Crippen molar-refractivity contribution in [3.8, 4) is 5.75 Å². The van der Waals surface area contributed by atoms with Gasteiger partial charge in [0.25, 0.3) is 5.91 Å². The van der Waals surface area contributed by atoms with Crippen LogP contribution in [0.25, 0.3) is 0 Å². The summed E-state index contributed by atoms with van der Waals surface area (Å²) in [7, 11) is 0. The van der Waals surface area contributed by atoms with Crippen molar-refractivity contribution in [3.05, 3.63) is 35.2 Å². The van der Waals surface area contributed by atoms with E-state index in [1.54, 1.807) is 30.7 Å². The van der Waals surface area contributed by atoms with Crippen LogP contribution in [0.3, 0.4) is 0 Å². The molecule has 0 unspecified atom stereocenters. The lowest BCUT2D eigenvalue weighted by atomic mass is 10.1. The van der Waals surface area contributed by atoms with Gasteiger partial charge in [0.05, 0.1) is 17.4 Å². The summed E-state index contributed by atoms with van der Waals surface area (Å²) >= 11 is 0. The van der Waals surface area contributed by atoms with Gasteiger partial charge in [-0.1, -0.05) is 17.3 Å². The van der Waals surface area contributed by atoms with Gasteiger partial charge in [-0.15, -0.1) is 5.10 Å². The van der Waals surface area contributed by atoms with Crippen LogP contribution >= 0.6 is 0 Å². The Morgan fingerprint density at radius 3 is 2.77 bits per heavy atom. The smallest absolute Gasteiger partial charge is 0.387 e. The lowest BCUT2D eigenvalue weighted by Gasteiger charge is -2.23. The fourth-order valence-corrected chi connectivity index (χ4v) is 3.12. The molecule has 140 valence electrons. The van der Waals surface area contributed by atoms with E-state index < -0.39 is 12.5 Å². The molecule has 9 heteroatoms.